The molecule has 0 bridgehead atoms. The Balaban J connectivity index is 2.08. The van der Waals surface area contributed by atoms with E-state index in [1.54, 1.807) is 29.2 Å². The molecule has 1 aliphatic heterocycles. The number of hydrogen-bond acceptors (Lipinski definition) is 4. The fraction of sp³-hybridized carbons (Fsp3) is 0.333. The number of piperazine rings is 1. The molecule has 7 heteroatoms. The van der Waals surface area contributed by atoms with Crippen molar-refractivity contribution in [3.63, 3.8) is 0 Å². The van der Waals surface area contributed by atoms with Crippen LogP contribution in [0.15, 0.2) is 53.5 Å². The van der Waals surface area contributed by atoms with Gasteiger partial charge in [-0.15, -0.1) is 0 Å². The van der Waals surface area contributed by atoms with Crippen molar-refractivity contribution in [3.05, 3.63) is 54.1 Å². The molecule has 134 valence electrons. The van der Waals surface area contributed by atoms with E-state index in [9.17, 15) is 18.0 Å². The lowest BCUT2D eigenvalue weighted by atomic mass is 10.2. The zero-order valence-electron chi connectivity index (χ0n) is 14.4. The number of sulfonamides is 1. The molecule has 0 atom stereocenters. The summed E-state index contributed by atoms with van der Waals surface area (Å²) in [5, 5.41) is 0. The van der Waals surface area contributed by atoms with Gasteiger partial charge in [0.2, 0.25) is 15.9 Å². The van der Waals surface area contributed by atoms with Gasteiger partial charge in [-0.3, -0.25) is 9.59 Å². The van der Waals surface area contributed by atoms with Gasteiger partial charge in [-0.25, -0.2) is 8.42 Å². The summed E-state index contributed by atoms with van der Waals surface area (Å²) in [6, 6.07) is 6.04. The molecule has 1 aromatic rings. The van der Waals surface area contributed by atoms with Crippen molar-refractivity contribution in [3.8, 4) is 0 Å². The molecule has 0 aliphatic carbocycles. The minimum absolute atomic E-state index is 0.105. The van der Waals surface area contributed by atoms with Crippen LogP contribution >= 0.6 is 0 Å². The van der Waals surface area contributed by atoms with Crippen LogP contribution in [0.1, 0.15) is 24.2 Å². The van der Waals surface area contributed by atoms with Gasteiger partial charge < -0.3 is 4.90 Å². The average molecular weight is 362 g/mol. The van der Waals surface area contributed by atoms with E-state index >= 15 is 0 Å². The smallest absolute Gasteiger partial charge is 0.246 e. The van der Waals surface area contributed by atoms with Crippen LogP contribution in [0.2, 0.25) is 0 Å². The maximum Gasteiger partial charge on any atom is 0.246 e. The second kappa shape index (κ2) is 8.22. The van der Waals surface area contributed by atoms with Gasteiger partial charge in [0, 0.05) is 37.8 Å². The molecular formula is C18H22N2O4S. The van der Waals surface area contributed by atoms with Gasteiger partial charge in [-0.1, -0.05) is 30.4 Å². The maximum atomic E-state index is 12.7. The summed E-state index contributed by atoms with van der Waals surface area (Å²) in [5.41, 5.74) is 0.365. The highest BCUT2D eigenvalue weighted by molar-refractivity contribution is 7.89. The lowest BCUT2D eigenvalue weighted by Gasteiger charge is -2.33. The Morgan fingerprint density at radius 1 is 1.08 bits per heavy atom. The number of nitrogens with zero attached hydrogens (tertiary/aromatic N) is 2. The predicted molar refractivity (Wildman–Crippen MR) is 95.7 cm³/mol. The van der Waals surface area contributed by atoms with Crippen LogP contribution in [0.25, 0.3) is 0 Å². The first-order valence-corrected chi connectivity index (χ1v) is 9.49. The molecule has 0 unspecified atom stereocenters. The number of hydrogen-bond donors (Lipinski definition) is 0. The van der Waals surface area contributed by atoms with Crippen LogP contribution in [0.4, 0.5) is 0 Å². The van der Waals surface area contributed by atoms with E-state index in [0.29, 0.717) is 18.7 Å². The van der Waals surface area contributed by atoms with Crippen LogP contribution in [0.3, 0.4) is 0 Å². The number of carbonyl (C=O) groups is 2. The van der Waals surface area contributed by atoms with E-state index in [4.69, 9.17) is 0 Å². The third-order valence-corrected chi connectivity index (χ3v) is 5.87. The number of Topliss-reactive ketones (excluding diaryl/α,β-unsaturated/α-hetero) is 1. The van der Waals surface area contributed by atoms with Crippen molar-refractivity contribution >= 4 is 21.7 Å². The summed E-state index contributed by atoms with van der Waals surface area (Å²) in [5.74, 6) is -0.311. The lowest BCUT2D eigenvalue weighted by Crippen LogP contribution is -2.50. The van der Waals surface area contributed by atoms with Gasteiger partial charge in [0.1, 0.15) is 0 Å². The first kappa shape index (κ1) is 19.1. The minimum atomic E-state index is -3.67. The van der Waals surface area contributed by atoms with Crippen molar-refractivity contribution in [2.75, 3.05) is 26.2 Å². The number of benzene rings is 1. The van der Waals surface area contributed by atoms with Crippen molar-refractivity contribution in [1.82, 2.24) is 9.21 Å². The molecule has 1 saturated heterocycles. The summed E-state index contributed by atoms with van der Waals surface area (Å²) in [6.45, 7) is 4.40. The average Bonchev–Trinajstić information content (AvgIpc) is 2.62. The number of carbonyl (C=O) groups excluding carboxylic acids is 2. The molecule has 1 fully saturated rings. The molecule has 0 spiro atoms. The molecule has 0 N–H and O–H groups in total. The molecule has 6 nitrogen and oxygen atoms in total. The van der Waals surface area contributed by atoms with E-state index < -0.39 is 10.0 Å². The van der Waals surface area contributed by atoms with Crippen LogP contribution in [-0.2, 0) is 14.8 Å². The zero-order chi connectivity index (χ0) is 18.4. The standard InChI is InChI=1S/C18H22N2O4S/c1-3-4-5-9-18(22)19-10-12-20(13-11-19)25(23,24)17-8-6-7-16(14-17)15(2)21/h3-9,14H,10-13H2,1-2H3/b4-3+,9-5+. The van der Waals surface area contributed by atoms with Crippen molar-refractivity contribution < 1.29 is 18.0 Å². The van der Waals surface area contributed by atoms with E-state index in [0.717, 1.165) is 0 Å². The molecule has 2 rings (SSSR count). The van der Waals surface area contributed by atoms with E-state index in [2.05, 4.69) is 0 Å². The van der Waals surface area contributed by atoms with E-state index in [1.807, 2.05) is 13.0 Å². The van der Waals surface area contributed by atoms with Crippen LogP contribution in [0.5, 0.6) is 0 Å². The maximum absolute atomic E-state index is 12.7. The van der Waals surface area contributed by atoms with Crippen molar-refractivity contribution in [1.29, 1.82) is 0 Å². The second-order valence-electron chi connectivity index (χ2n) is 5.70. The summed E-state index contributed by atoms with van der Waals surface area (Å²) in [4.78, 5) is 25.2. The summed E-state index contributed by atoms with van der Waals surface area (Å²) >= 11 is 0. The quantitative estimate of drug-likeness (QED) is 0.455. The van der Waals surface area contributed by atoms with Gasteiger partial charge in [0.05, 0.1) is 4.90 Å². The first-order chi connectivity index (χ1) is 11.9. The number of amides is 1. The SMILES string of the molecule is C/C=C/C=C/C(=O)N1CCN(S(=O)(=O)c2cccc(C(C)=O)c2)CC1. The Morgan fingerprint density at radius 2 is 1.76 bits per heavy atom. The van der Waals surface area contributed by atoms with Crippen LogP contribution in [-0.4, -0.2) is 55.5 Å². The molecule has 1 heterocycles. The third kappa shape index (κ3) is 4.64. The molecule has 0 aromatic heterocycles. The Hall–Kier alpha value is -2.25. The topological polar surface area (TPSA) is 74.8 Å². The predicted octanol–water partition coefficient (Wildman–Crippen LogP) is 1.85. The lowest BCUT2D eigenvalue weighted by molar-refractivity contribution is -0.127. The highest BCUT2D eigenvalue weighted by Crippen LogP contribution is 2.19. The monoisotopic (exact) mass is 362 g/mol. The van der Waals surface area contributed by atoms with Crippen LogP contribution < -0.4 is 0 Å². The third-order valence-electron chi connectivity index (χ3n) is 3.97. The van der Waals surface area contributed by atoms with Gasteiger partial charge >= 0.3 is 0 Å². The Labute approximate surface area is 148 Å². The van der Waals surface area contributed by atoms with Gasteiger partial charge in [0.15, 0.2) is 5.78 Å². The number of allylic oxidation sites excluding steroid dienone is 3. The summed E-state index contributed by atoms with van der Waals surface area (Å²) < 4.78 is 26.8. The minimum Gasteiger partial charge on any atom is -0.337 e. The molecule has 0 radical (unpaired) electrons. The summed E-state index contributed by atoms with van der Waals surface area (Å²) in [6.07, 6.45) is 6.73. The normalized spacial score (nSPS) is 16.6. The van der Waals surface area contributed by atoms with Crippen molar-refractivity contribution in [2.45, 2.75) is 18.7 Å². The highest BCUT2D eigenvalue weighted by Gasteiger charge is 2.29. The molecule has 1 aliphatic rings. The Bertz CT molecular complexity index is 804. The molecular weight excluding hydrogens is 340 g/mol. The fourth-order valence-corrected chi connectivity index (χ4v) is 4.00. The molecule has 1 aromatic carbocycles. The van der Waals surface area contributed by atoms with Crippen LogP contribution in [0, 0.1) is 0 Å². The Morgan fingerprint density at radius 3 is 2.36 bits per heavy atom. The second-order valence-corrected chi connectivity index (χ2v) is 7.64. The Kier molecular flexibility index (Phi) is 6.27. The number of rotatable bonds is 5. The molecule has 1 amide bonds. The molecule has 0 saturated carbocycles. The van der Waals surface area contributed by atoms with E-state index in [1.165, 1.54) is 29.4 Å². The number of ketones is 1. The zero-order valence-corrected chi connectivity index (χ0v) is 15.2. The first-order valence-electron chi connectivity index (χ1n) is 8.05. The van der Waals surface area contributed by atoms with Gasteiger partial charge in [-0.05, 0) is 26.0 Å². The van der Waals surface area contributed by atoms with E-state index in [-0.39, 0.29) is 29.7 Å². The summed E-state index contributed by atoms with van der Waals surface area (Å²) in [7, 11) is -3.67. The largest absolute Gasteiger partial charge is 0.337 e. The van der Waals surface area contributed by atoms with Crippen molar-refractivity contribution in [2.24, 2.45) is 0 Å². The fourth-order valence-electron chi connectivity index (χ4n) is 2.53. The molecule has 25 heavy (non-hydrogen) atoms. The van der Waals surface area contributed by atoms with Gasteiger partial charge in [-0.2, -0.15) is 4.31 Å². The highest BCUT2D eigenvalue weighted by atomic mass is 32.2. The van der Waals surface area contributed by atoms with Gasteiger partial charge in [0.25, 0.3) is 0 Å².